The van der Waals surface area contributed by atoms with Gasteiger partial charge in [-0.3, -0.25) is 9.78 Å². The molecule has 0 unspecified atom stereocenters. The smallest absolute Gasteiger partial charge is 0.312 e. The van der Waals surface area contributed by atoms with Crippen molar-refractivity contribution in [3.8, 4) is 11.4 Å². The van der Waals surface area contributed by atoms with Gasteiger partial charge < -0.3 is 5.32 Å². The number of benzene rings is 1. The van der Waals surface area contributed by atoms with Gasteiger partial charge in [0.2, 0.25) is 5.70 Å². The summed E-state index contributed by atoms with van der Waals surface area (Å²) in [5, 5.41) is 11.1. The Kier molecular flexibility index (Phi) is 4.79. The lowest BCUT2D eigenvalue weighted by atomic mass is 10.1. The van der Waals surface area contributed by atoms with Gasteiger partial charge in [0.15, 0.2) is 17.3 Å². The van der Waals surface area contributed by atoms with Crippen molar-refractivity contribution >= 4 is 29.0 Å². The van der Waals surface area contributed by atoms with Gasteiger partial charge in [-0.15, -0.1) is 5.10 Å². The number of carbonyl (C=O) groups excluding carboxylic acids is 1. The second-order valence-corrected chi connectivity index (χ2v) is 7.50. The van der Waals surface area contributed by atoms with E-state index in [1.807, 2.05) is 56.3 Å². The average Bonchev–Trinajstić information content (AvgIpc) is 3.41. The molecule has 0 fully saturated rings. The van der Waals surface area contributed by atoms with E-state index in [4.69, 9.17) is 0 Å². The van der Waals surface area contributed by atoms with Crippen LogP contribution in [0.1, 0.15) is 17.0 Å². The van der Waals surface area contributed by atoms with Crippen LogP contribution < -0.4 is 10.7 Å². The minimum absolute atomic E-state index is 0.00930. The number of carbonyl (C=O) groups is 1. The van der Waals surface area contributed by atoms with Crippen molar-refractivity contribution in [1.29, 1.82) is 0 Å². The molecule has 3 N–H and O–H groups in total. The maximum atomic E-state index is 14.7. The number of hydrogen-bond acceptors (Lipinski definition) is 5. The summed E-state index contributed by atoms with van der Waals surface area (Å²) in [5.41, 5.74) is 6.10. The Morgan fingerprint density at radius 1 is 1.09 bits per heavy atom. The van der Waals surface area contributed by atoms with Crippen molar-refractivity contribution in [2.24, 2.45) is 5.10 Å². The number of nitrogens with two attached hydrogens (primary N) is 1. The zero-order chi connectivity index (χ0) is 22.2. The Bertz CT molecular complexity index is 1400. The molecular formula is C23H19FN7O+. The Morgan fingerprint density at radius 3 is 2.69 bits per heavy atom. The lowest BCUT2D eigenvalue weighted by Crippen LogP contribution is -2.76. The molecule has 4 heterocycles. The van der Waals surface area contributed by atoms with Crippen molar-refractivity contribution < 1.29 is 14.6 Å². The Labute approximate surface area is 182 Å². The number of quaternary nitrogens is 1. The first-order valence-electron chi connectivity index (χ1n) is 9.97. The van der Waals surface area contributed by atoms with Crippen molar-refractivity contribution in [2.75, 3.05) is 5.32 Å². The molecule has 32 heavy (non-hydrogen) atoms. The van der Waals surface area contributed by atoms with Crippen LogP contribution in [-0.4, -0.2) is 31.7 Å². The maximum Gasteiger partial charge on any atom is 0.312 e. The van der Waals surface area contributed by atoms with E-state index in [-0.39, 0.29) is 5.69 Å². The van der Waals surface area contributed by atoms with Gasteiger partial charge in [0.05, 0.1) is 29.4 Å². The first kappa shape index (κ1) is 19.7. The number of fused-ring (bicyclic) bond motifs is 1. The number of allylic oxidation sites excluding steroid dienone is 1. The predicted octanol–water partition coefficient (Wildman–Crippen LogP) is 2.46. The molecule has 0 atom stereocenters. The molecule has 8 nitrogen and oxygen atoms in total. The fraction of sp³-hybridized carbons (Fsp3) is 0.0870. The van der Waals surface area contributed by atoms with E-state index in [0.29, 0.717) is 28.4 Å². The minimum Gasteiger partial charge on any atom is -0.315 e. The van der Waals surface area contributed by atoms with Crippen LogP contribution in [0.15, 0.2) is 65.5 Å². The quantitative estimate of drug-likeness (QED) is 0.488. The highest BCUT2D eigenvalue weighted by atomic mass is 19.1. The third-order valence-electron chi connectivity index (χ3n) is 5.02. The SMILES string of the molecule is Cc1cc(C)nc(C2=C(C(=O)Nc3cc4nc(-c5ccccc5)nn4cc3F)[NH2+]N=C2)c1. The summed E-state index contributed by atoms with van der Waals surface area (Å²) in [7, 11) is 0. The Balaban J connectivity index is 1.47. The molecule has 5 rings (SSSR count). The average molecular weight is 428 g/mol. The van der Waals surface area contributed by atoms with Crippen LogP contribution in [0.3, 0.4) is 0 Å². The first-order chi connectivity index (χ1) is 15.5. The van der Waals surface area contributed by atoms with E-state index in [1.54, 1.807) is 6.21 Å². The number of hydrogen-bond donors (Lipinski definition) is 2. The topological polar surface area (TPSA) is 101 Å². The molecule has 1 aliphatic heterocycles. The molecule has 1 amide bonds. The highest BCUT2D eigenvalue weighted by molar-refractivity contribution is 6.20. The summed E-state index contributed by atoms with van der Waals surface area (Å²) in [6, 6.07) is 14.7. The minimum atomic E-state index is -0.624. The van der Waals surface area contributed by atoms with Crippen LogP contribution in [0.2, 0.25) is 0 Å². The number of aryl methyl sites for hydroxylation is 2. The first-order valence-corrected chi connectivity index (χ1v) is 9.97. The van der Waals surface area contributed by atoms with Crippen LogP contribution in [0, 0.1) is 19.7 Å². The number of rotatable bonds is 4. The molecule has 9 heteroatoms. The number of amides is 1. The highest BCUT2D eigenvalue weighted by Gasteiger charge is 2.27. The number of pyridine rings is 2. The third kappa shape index (κ3) is 3.65. The van der Waals surface area contributed by atoms with Gasteiger partial charge in [0, 0.05) is 17.3 Å². The molecule has 1 aromatic carbocycles. The van der Waals surface area contributed by atoms with Gasteiger partial charge in [-0.1, -0.05) is 35.4 Å². The van der Waals surface area contributed by atoms with Crippen LogP contribution in [0.5, 0.6) is 0 Å². The molecule has 158 valence electrons. The van der Waals surface area contributed by atoms with Gasteiger partial charge in [0.25, 0.3) is 0 Å². The van der Waals surface area contributed by atoms with E-state index in [1.165, 1.54) is 22.2 Å². The molecule has 4 aromatic rings. The number of halogens is 1. The molecule has 3 aromatic heterocycles. The van der Waals surface area contributed by atoms with Gasteiger partial charge in [0.1, 0.15) is 0 Å². The predicted molar refractivity (Wildman–Crippen MR) is 118 cm³/mol. The van der Waals surface area contributed by atoms with Crippen molar-refractivity contribution in [3.05, 3.63) is 83.2 Å². The van der Waals surface area contributed by atoms with E-state index in [0.717, 1.165) is 16.8 Å². The number of anilines is 1. The molecule has 0 radical (unpaired) electrons. The largest absolute Gasteiger partial charge is 0.315 e. The number of aromatic nitrogens is 4. The van der Waals surface area contributed by atoms with Crippen LogP contribution in [0.4, 0.5) is 10.1 Å². The van der Waals surface area contributed by atoms with E-state index in [9.17, 15) is 9.18 Å². The Hall–Kier alpha value is -4.24. The molecule has 1 aliphatic rings. The Morgan fingerprint density at radius 2 is 1.91 bits per heavy atom. The lowest BCUT2D eigenvalue weighted by Gasteiger charge is -2.07. The molecule has 0 spiro atoms. The zero-order valence-corrected chi connectivity index (χ0v) is 17.4. The molecular weight excluding hydrogens is 409 g/mol. The van der Waals surface area contributed by atoms with Crippen LogP contribution >= 0.6 is 0 Å². The van der Waals surface area contributed by atoms with Crippen molar-refractivity contribution in [1.82, 2.24) is 19.6 Å². The fourth-order valence-electron chi connectivity index (χ4n) is 3.59. The van der Waals surface area contributed by atoms with E-state index >= 15 is 0 Å². The van der Waals surface area contributed by atoms with Crippen LogP contribution in [-0.2, 0) is 4.79 Å². The summed E-state index contributed by atoms with van der Waals surface area (Å²) >= 11 is 0. The van der Waals surface area contributed by atoms with Gasteiger partial charge in [-0.05, 0) is 31.5 Å². The molecule has 0 aliphatic carbocycles. The number of nitrogens with zero attached hydrogens (tertiary/aromatic N) is 5. The normalized spacial score (nSPS) is 13.2. The lowest BCUT2D eigenvalue weighted by molar-refractivity contribution is -0.601. The third-order valence-corrected chi connectivity index (χ3v) is 5.02. The van der Waals surface area contributed by atoms with Crippen molar-refractivity contribution in [3.63, 3.8) is 0 Å². The molecule has 0 saturated carbocycles. The van der Waals surface area contributed by atoms with Crippen molar-refractivity contribution in [2.45, 2.75) is 13.8 Å². The van der Waals surface area contributed by atoms with E-state index in [2.05, 4.69) is 25.5 Å². The van der Waals surface area contributed by atoms with Crippen LogP contribution in [0.25, 0.3) is 22.6 Å². The monoisotopic (exact) mass is 428 g/mol. The van der Waals surface area contributed by atoms with Gasteiger partial charge >= 0.3 is 5.91 Å². The van der Waals surface area contributed by atoms with Gasteiger partial charge in [-0.25, -0.2) is 13.9 Å². The number of nitrogens with one attached hydrogen (secondary N) is 1. The summed E-state index contributed by atoms with van der Waals surface area (Å²) in [6.45, 7) is 3.85. The van der Waals surface area contributed by atoms with Gasteiger partial charge in [-0.2, -0.15) is 5.43 Å². The second kappa shape index (κ2) is 7.78. The summed E-state index contributed by atoms with van der Waals surface area (Å²) < 4.78 is 16.1. The second-order valence-electron chi connectivity index (χ2n) is 7.50. The molecule has 0 saturated heterocycles. The molecule has 0 bridgehead atoms. The summed E-state index contributed by atoms with van der Waals surface area (Å²) in [4.78, 5) is 21.9. The maximum absolute atomic E-state index is 14.7. The highest BCUT2D eigenvalue weighted by Crippen LogP contribution is 2.22. The van der Waals surface area contributed by atoms with E-state index < -0.39 is 11.7 Å². The summed E-state index contributed by atoms with van der Waals surface area (Å²) in [6.07, 6.45) is 2.78. The summed E-state index contributed by atoms with van der Waals surface area (Å²) in [5.74, 6) is -0.637. The standard InChI is InChI=1S/C23H18FN7O/c1-13-8-14(2)26-18(9-13)16-11-25-29-21(16)23(32)27-19-10-20-28-22(15-6-4-3-5-7-15)30-31(20)12-17(19)24/h3-12H,1-2H3,(H,25,29)(H,27,32)/p+1. The fourth-order valence-corrected chi connectivity index (χ4v) is 3.59. The zero-order valence-electron chi connectivity index (χ0n) is 17.4.